The number of nitrogens with one attached hydrogen (secondary N) is 1. The van der Waals surface area contributed by atoms with Crippen LogP contribution in [-0.2, 0) is 21.7 Å². The number of methoxy groups -OCH3 is 1. The van der Waals surface area contributed by atoms with E-state index in [9.17, 15) is 9.35 Å². The van der Waals surface area contributed by atoms with E-state index >= 15 is 0 Å². The molecule has 0 aliphatic heterocycles. The summed E-state index contributed by atoms with van der Waals surface area (Å²) in [5.41, 5.74) is 4.16. The van der Waals surface area contributed by atoms with Crippen molar-refractivity contribution < 1.29 is 18.5 Å². The zero-order chi connectivity index (χ0) is 21.0. The second-order valence-electron chi connectivity index (χ2n) is 6.87. The average Bonchev–Trinajstić information content (AvgIpc) is 3.02. The van der Waals surface area contributed by atoms with Gasteiger partial charge in [0.15, 0.2) is 11.5 Å². The van der Waals surface area contributed by atoms with Crippen molar-refractivity contribution in [1.29, 1.82) is 0 Å². The fourth-order valence-electron chi connectivity index (χ4n) is 2.84. The van der Waals surface area contributed by atoms with Crippen LogP contribution in [0.2, 0.25) is 0 Å². The van der Waals surface area contributed by atoms with Gasteiger partial charge >= 0.3 is 0 Å². The molecule has 7 heteroatoms. The topological polar surface area (TPSA) is 87.4 Å². The summed E-state index contributed by atoms with van der Waals surface area (Å²) in [6.45, 7) is 5.72. The number of rotatable bonds is 7. The van der Waals surface area contributed by atoms with Gasteiger partial charge in [0.2, 0.25) is 5.89 Å². The van der Waals surface area contributed by atoms with E-state index in [0.29, 0.717) is 28.8 Å². The quantitative estimate of drug-likeness (QED) is 0.589. The van der Waals surface area contributed by atoms with Crippen molar-refractivity contribution in [1.82, 2.24) is 4.98 Å². The largest absolute Gasteiger partial charge is 0.616 e. The molecule has 1 amide bonds. The molecule has 0 spiro atoms. The second-order valence-corrected chi connectivity index (χ2v) is 8.33. The van der Waals surface area contributed by atoms with Crippen LogP contribution in [0.4, 0.5) is 5.69 Å². The summed E-state index contributed by atoms with van der Waals surface area (Å²) in [6, 6.07) is 13.3. The molecule has 1 aromatic heterocycles. The van der Waals surface area contributed by atoms with Gasteiger partial charge in [-0.2, -0.15) is 0 Å². The Balaban J connectivity index is 1.63. The lowest BCUT2D eigenvalue weighted by atomic mass is 10.1. The van der Waals surface area contributed by atoms with Crippen LogP contribution in [0.25, 0.3) is 11.5 Å². The van der Waals surface area contributed by atoms with E-state index < -0.39 is 11.2 Å². The van der Waals surface area contributed by atoms with Crippen molar-refractivity contribution in [2.75, 3.05) is 18.2 Å². The molecule has 2 aromatic carbocycles. The molecule has 0 fully saturated rings. The summed E-state index contributed by atoms with van der Waals surface area (Å²) in [7, 11) is 1.54. The zero-order valence-electron chi connectivity index (χ0n) is 16.9. The minimum absolute atomic E-state index is 0.136. The summed E-state index contributed by atoms with van der Waals surface area (Å²) in [4.78, 5) is 16.8. The fourth-order valence-corrected chi connectivity index (χ4v) is 3.88. The minimum Gasteiger partial charge on any atom is -0.616 e. The lowest BCUT2D eigenvalue weighted by Gasteiger charge is -2.13. The van der Waals surface area contributed by atoms with E-state index in [1.54, 1.807) is 13.0 Å². The van der Waals surface area contributed by atoms with Gasteiger partial charge in [-0.15, -0.1) is 0 Å². The molecule has 0 aliphatic rings. The Morgan fingerprint density at radius 3 is 2.52 bits per heavy atom. The van der Waals surface area contributed by atoms with Gasteiger partial charge in [-0.3, -0.25) is 4.79 Å². The van der Waals surface area contributed by atoms with Gasteiger partial charge < -0.3 is 19.0 Å². The Morgan fingerprint density at radius 2 is 1.83 bits per heavy atom. The first-order valence-electron chi connectivity index (χ1n) is 9.18. The highest BCUT2D eigenvalue weighted by Gasteiger charge is 2.20. The Bertz CT molecular complexity index is 999. The monoisotopic (exact) mass is 412 g/mol. The summed E-state index contributed by atoms with van der Waals surface area (Å²) >= 11 is -1.42. The van der Waals surface area contributed by atoms with E-state index in [0.717, 1.165) is 16.7 Å². The highest BCUT2D eigenvalue weighted by atomic mass is 32.2. The van der Waals surface area contributed by atoms with Gasteiger partial charge in [0.1, 0.15) is 17.2 Å². The Morgan fingerprint density at radius 1 is 1.14 bits per heavy atom. The molecule has 0 saturated heterocycles. The number of amides is 1. The smallest absolute Gasteiger partial charge is 0.274 e. The number of nitrogens with zero attached hydrogens (tertiary/aromatic N) is 1. The Hall–Kier alpha value is -2.77. The molecule has 1 N–H and O–H groups in total. The Labute approximate surface area is 173 Å². The Kier molecular flexibility index (Phi) is 6.61. The van der Waals surface area contributed by atoms with E-state index in [-0.39, 0.29) is 17.4 Å². The van der Waals surface area contributed by atoms with Gasteiger partial charge in [0.05, 0.1) is 12.8 Å². The number of hydrogen-bond donors (Lipinski definition) is 1. The molecule has 6 nitrogen and oxygen atoms in total. The van der Waals surface area contributed by atoms with Crippen LogP contribution < -0.4 is 10.1 Å². The van der Waals surface area contributed by atoms with Crippen molar-refractivity contribution in [2.24, 2.45) is 0 Å². The molecule has 0 bridgehead atoms. The first-order chi connectivity index (χ1) is 13.9. The number of benzene rings is 2. The van der Waals surface area contributed by atoms with Crippen molar-refractivity contribution in [3.63, 3.8) is 0 Å². The van der Waals surface area contributed by atoms with Crippen LogP contribution in [-0.4, -0.2) is 28.3 Å². The fraction of sp³-hybridized carbons (Fsp3) is 0.273. The molecule has 3 aromatic rings. The number of carbonyl (C=O) groups is 1. The molecule has 1 heterocycles. The standard InChI is InChI=1S/C22H24N2O4S/c1-14-5-8-17(9-6-14)22-24-19(16(3)28-22)12-29(26)13-21(25)23-18-11-15(2)7-10-20(18)27-4/h5-11H,12-13H2,1-4H3,(H,23,25). The van der Waals surface area contributed by atoms with Crippen LogP contribution in [0.5, 0.6) is 5.75 Å². The maximum absolute atomic E-state index is 12.5. The highest BCUT2D eigenvalue weighted by Crippen LogP contribution is 2.26. The van der Waals surface area contributed by atoms with Gasteiger partial charge in [-0.05, 0) is 61.8 Å². The zero-order valence-corrected chi connectivity index (χ0v) is 17.8. The average molecular weight is 413 g/mol. The van der Waals surface area contributed by atoms with Crippen molar-refractivity contribution in [3.05, 3.63) is 65.0 Å². The lowest BCUT2D eigenvalue weighted by molar-refractivity contribution is -0.113. The van der Waals surface area contributed by atoms with Gasteiger partial charge in [-0.25, -0.2) is 4.98 Å². The number of aromatic nitrogens is 1. The van der Waals surface area contributed by atoms with Crippen LogP contribution >= 0.6 is 0 Å². The summed E-state index contributed by atoms with van der Waals surface area (Å²) in [5.74, 6) is 1.33. The number of anilines is 1. The van der Waals surface area contributed by atoms with Crippen LogP contribution in [0.3, 0.4) is 0 Å². The molecule has 1 atom stereocenters. The molecule has 0 saturated carbocycles. The number of carbonyl (C=O) groups excluding carboxylic acids is 1. The van der Waals surface area contributed by atoms with Crippen LogP contribution in [0, 0.1) is 20.8 Å². The molecule has 152 valence electrons. The highest BCUT2D eigenvalue weighted by molar-refractivity contribution is 7.91. The van der Waals surface area contributed by atoms with Gasteiger partial charge in [0.25, 0.3) is 5.91 Å². The number of oxazole rings is 1. The molecular formula is C22H24N2O4S. The second kappa shape index (κ2) is 9.15. The van der Waals surface area contributed by atoms with Crippen LogP contribution in [0.1, 0.15) is 22.6 Å². The van der Waals surface area contributed by atoms with E-state index in [1.165, 1.54) is 7.11 Å². The van der Waals surface area contributed by atoms with Gasteiger partial charge in [-0.1, -0.05) is 23.8 Å². The van der Waals surface area contributed by atoms with E-state index in [1.807, 2.05) is 50.2 Å². The van der Waals surface area contributed by atoms with E-state index in [4.69, 9.17) is 9.15 Å². The first kappa shape index (κ1) is 21.0. The van der Waals surface area contributed by atoms with E-state index in [2.05, 4.69) is 10.3 Å². The molecule has 1 unspecified atom stereocenters. The SMILES string of the molecule is COc1ccc(C)cc1NC(=O)C[S+]([O-])Cc1nc(-c2ccc(C)cc2)oc1C. The third-order valence-electron chi connectivity index (χ3n) is 4.41. The maximum Gasteiger partial charge on any atom is 0.274 e. The third-order valence-corrected chi connectivity index (χ3v) is 5.59. The van der Waals surface area contributed by atoms with Crippen molar-refractivity contribution in [2.45, 2.75) is 26.5 Å². The predicted octanol–water partition coefficient (Wildman–Crippen LogP) is 4.16. The summed E-state index contributed by atoms with van der Waals surface area (Å²) in [5, 5.41) is 2.77. The summed E-state index contributed by atoms with van der Waals surface area (Å²) in [6.07, 6.45) is 0. The molecule has 0 radical (unpaired) electrons. The van der Waals surface area contributed by atoms with Crippen molar-refractivity contribution in [3.8, 4) is 17.2 Å². The molecular weight excluding hydrogens is 388 g/mol. The minimum atomic E-state index is -1.42. The maximum atomic E-state index is 12.5. The molecule has 29 heavy (non-hydrogen) atoms. The first-order valence-corrected chi connectivity index (χ1v) is 10.7. The number of hydrogen-bond acceptors (Lipinski definition) is 5. The predicted molar refractivity (Wildman–Crippen MR) is 114 cm³/mol. The van der Waals surface area contributed by atoms with Crippen LogP contribution in [0.15, 0.2) is 46.9 Å². The third kappa shape index (κ3) is 5.40. The van der Waals surface area contributed by atoms with Crippen molar-refractivity contribution >= 4 is 22.8 Å². The summed E-state index contributed by atoms with van der Waals surface area (Å²) < 4.78 is 23.5. The number of aryl methyl sites for hydroxylation is 3. The number of ether oxygens (including phenoxy) is 1. The lowest BCUT2D eigenvalue weighted by Crippen LogP contribution is -2.24. The van der Waals surface area contributed by atoms with Gasteiger partial charge in [0, 0.05) is 5.56 Å². The molecule has 3 rings (SSSR count). The molecule has 0 aliphatic carbocycles. The normalized spacial score (nSPS) is 11.9.